The van der Waals surface area contributed by atoms with Crippen molar-refractivity contribution >= 4 is 5.97 Å². The molecule has 20 heavy (non-hydrogen) atoms. The summed E-state index contributed by atoms with van der Waals surface area (Å²) in [7, 11) is 0. The lowest BCUT2D eigenvalue weighted by atomic mass is 9.87. The van der Waals surface area contributed by atoms with Gasteiger partial charge in [-0.2, -0.15) is 5.10 Å². The summed E-state index contributed by atoms with van der Waals surface area (Å²) in [6, 6.07) is 8.13. The lowest BCUT2D eigenvalue weighted by Gasteiger charge is -2.18. The highest BCUT2D eigenvalue weighted by Gasteiger charge is 2.14. The Morgan fingerprint density at radius 1 is 1.25 bits per heavy atom. The number of aromatic amines is 1. The van der Waals surface area contributed by atoms with Crippen molar-refractivity contribution in [2.45, 2.75) is 39.0 Å². The molecule has 0 bridgehead atoms. The number of aryl methyl sites for hydroxylation is 1. The zero-order valence-corrected chi connectivity index (χ0v) is 12.0. The Balaban J connectivity index is 2.14. The molecular formula is C15H19N3O2. The number of carboxylic acids is 1. The Labute approximate surface area is 118 Å². The molecule has 5 heteroatoms. The largest absolute Gasteiger partial charge is 0.481 e. The molecule has 0 atom stereocenters. The molecule has 0 unspecified atom stereocenters. The lowest BCUT2D eigenvalue weighted by Crippen LogP contribution is -2.10. The number of aromatic nitrogens is 3. The summed E-state index contributed by atoms with van der Waals surface area (Å²) in [6.45, 7) is 6.50. The molecule has 0 aliphatic carbocycles. The first-order chi connectivity index (χ1) is 9.36. The van der Waals surface area contributed by atoms with E-state index in [1.54, 1.807) is 0 Å². The highest BCUT2D eigenvalue weighted by molar-refractivity contribution is 5.67. The van der Waals surface area contributed by atoms with E-state index in [9.17, 15) is 4.79 Å². The molecule has 0 amide bonds. The van der Waals surface area contributed by atoms with E-state index in [2.05, 4.69) is 48.1 Å². The zero-order valence-electron chi connectivity index (χ0n) is 12.0. The van der Waals surface area contributed by atoms with E-state index in [0.717, 1.165) is 5.56 Å². The number of aliphatic carboxylic acids is 1. The number of nitrogens with zero attached hydrogens (tertiary/aromatic N) is 2. The summed E-state index contributed by atoms with van der Waals surface area (Å²) in [5.74, 6) is 0.366. The van der Waals surface area contributed by atoms with Gasteiger partial charge in [0.05, 0.1) is 6.42 Å². The number of carbonyl (C=O) groups is 1. The van der Waals surface area contributed by atoms with Gasteiger partial charge in [-0.3, -0.25) is 9.89 Å². The topological polar surface area (TPSA) is 78.9 Å². The molecular weight excluding hydrogens is 254 g/mol. The summed E-state index contributed by atoms with van der Waals surface area (Å²) in [5.41, 5.74) is 2.29. The number of hydrogen-bond donors (Lipinski definition) is 2. The van der Waals surface area contributed by atoms with Gasteiger partial charge >= 0.3 is 5.97 Å². The van der Waals surface area contributed by atoms with E-state index in [4.69, 9.17) is 5.11 Å². The van der Waals surface area contributed by atoms with Crippen LogP contribution < -0.4 is 0 Å². The number of carboxylic acid groups (broad SMARTS) is 1. The molecule has 0 radical (unpaired) electrons. The Kier molecular flexibility index (Phi) is 3.88. The van der Waals surface area contributed by atoms with Gasteiger partial charge in [0.25, 0.3) is 0 Å². The second-order valence-corrected chi connectivity index (χ2v) is 5.83. The van der Waals surface area contributed by atoms with Crippen LogP contribution in [0, 0.1) is 0 Å². The first-order valence-corrected chi connectivity index (χ1v) is 6.60. The third kappa shape index (κ3) is 3.44. The SMILES string of the molecule is CC(C)(C)c1ccc(-c2n[nH]c(CCC(=O)O)n2)cc1. The van der Waals surface area contributed by atoms with Gasteiger partial charge in [0.2, 0.25) is 0 Å². The summed E-state index contributed by atoms with van der Waals surface area (Å²) in [4.78, 5) is 14.8. The van der Waals surface area contributed by atoms with Gasteiger partial charge in [0.1, 0.15) is 5.82 Å². The molecule has 0 spiro atoms. The molecule has 2 rings (SSSR count). The third-order valence-corrected chi connectivity index (χ3v) is 3.12. The minimum Gasteiger partial charge on any atom is -0.481 e. The van der Waals surface area contributed by atoms with Crippen molar-refractivity contribution in [2.24, 2.45) is 0 Å². The van der Waals surface area contributed by atoms with Gasteiger partial charge in [-0.05, 0) is 11.0 Å². The van der Waals surface area contributed by atoms with Crippen LogP contribution in [0.4, 0.5) is 0 Å². The van der Waals surface area contributed by atoms with Crippen molar-refractivity contribution in [3.05, 3.63) is 35.7 Å². The Morgan fingerprint density at radius 3 is 2.45 bits per heavy atom. The molecule has 0 aliphatic rings. The van der Waals surface area contributed by atoms with Crippen LogP contribution >= 0.6 is 0 Å². The highest BCUT2D eigenvalue weighted by Crippen LogP contribution is 2.24. The number of H-pyrrole nitrogens is 1. The summed E-state index contributed by atoms with van der Waals surface area (Å²) < 4.78 is 0. The van der Waals surface area contributed by atoms with Gasteiger partial charge in [-0.15, -0.1) is 0 Å². The molecule has 0 saturated carbocycles. The average molecular weight is 273 g/mol. The van der Waals surface area contributed by atoms with Crippen molar-refractivity contribution in [3.8, 4) is 11.4 Å². The predicted octanol–water partition coefficient (Wildman–Crippen LogP) is 2.79. The fourth-order valence-electron chi connectivity index (χ4n) is 1.88. The molecule has 2 N–H and O–H groups in total. The van der Waals surface area contributed by atoms with Crippen LogP contribution in [0.15, 0.2) is 24.3 Å². The van der Waals surface area contributed by atoms with E-state index in [-0.39, 0.29) is 11.8 Å². The predicted molar refractivity (Wildman–Crippen MR) is 76.5 cm³/mol. The first-order valence-electron chi connectivity index (χ1n) is 6.60. The smallest absolute Gasteiger partial charge is 0.303 e. The second-order valence-electron chi connectivity index (χ2n) is 5.83. The van der Waals surface area contributed by atoms with Crippen molar-refractivity contribution in [2.75, 3.05) is 0 Å². The normalized spacial score (nSPS) is 11.6. The second kappa shape index (κ2) is 5.45. The van der Waals surface area contributed by atoms with Crippen molar-refractivity contribution in [1.82, 2.24) is 15.2 Å². The van der Waals surface area contributed by atoms with Crippen LogP contribution in [-0.4, -0.2) is 26.3 Å². The molecule has 0 aliphatic heterocycles. The summed E-state index contributed by atoms with van der Waals surface area (Å²) >= 11 is 0. The van der Waals surface area contributed by atoms with Crippen LogP contribution in [0.25, 0.3) is 11.4 Å². The van der Waals surface area contributed by atoms with Crippen LogP contribution in [0.5, 0.6) is 0 Å². The van der Waals surface area contributed by atoms with Gasteiger partial charge in [0.15, 0.2) is 5.82 Å². The van der Waals surface area contributed by atoms with Gasteiger partial charge in [-0.25, -0.2) is 4.98 Å². The maximum Gasteiger partial charge on any atom is 0.303 e. The monoisotopic (exact) mass is 273 g/mol. The third-order valence-electron chi connectivity index (χ3n) is 3.12. The van der Waals surface area contributed by atoms with Crippen molar-refractivity contribution in [3.63, 3.8) is 0 Å². The average Bonchev–Trinajstić information content (AvgIpc) is 2.84. The Bertz CT molecular complexity index is 594. The lowest BCUT2D eigenvalue weighted by molar-refractivity contribution is -0.137. The maximum atomic E-state index is 10.5. The molecule has 1 aromatic carbocycles. The summed E-state index contributed by atoms with van der Waals surface area (Å²) in [6.07, 6.45) is 0.417. The number of benzene rings is 1. The Morgan fingerprint density at radius 2 is 1.90 bits per heavy atom. The van der Waals surface area contributed by atoms with E-state index in [1.807, 2.05) is 12.1 Å². The van der Waals surface area contributed by atoms with Crippen LogP contribution in [0.3, 0.4) is 0 Å². The molecule has 5 nitrogen and oxygen atoms in total. The molecule has 2 aromatic rings. The molecule has 0 saturated heterocycles. The first kappa shape index (κ1) is 14.2. The molecule has 1 aromatic heterocycles. The fourth-order valence-corrected chi connectivity index (χ4v) is 1.88. The molecule has 1 heterocycles. The van der Waals surface area contributed by atoms with E-state index >= 15 is 0 Å². The number of rotatable bonds is 4. The Hall–Kier alpha value is -2.17. The number of nitrogens with one attached hydrogen (secondary N) is 1. The minimum absolute atomic E-state index is 0.0532. The fraction of sp³-hybridized carbons (Fsp3) is 0.400. The quantitative estimate of drug-likeness (QED) is 0.897. The van der Waals surface area contributed by atoms with Crippen LogP contribution in [0.1, 0.15) is 38.6 Å². The van der Waals surface area contributed by atoms with Gasteiger partial charge in [-0.1, -0.05) is 45.0 Å². The van der Waals surface area contributed by atoms with Crippen molar-refractivity contribution in [1.29, 1.82) is 0 Å². The standard InChI is InChI=1S/C15H19N3O2/c1-15(2,3)11-6-4-10(5-7-11)14-16-12(17-18-14)8-9-13(19)20/h4-7H,8-9H2,1-3H3,(H,19,20)(H,16,17,18). The van der Waals surface area contributed by atoms with Crippen molar-refractivity contribution < 1.29 is 9.90 Å². The van der Waals surface area contributed by atoms with E-state index in [0.29, 0.717) is 18.1 Å². The summed E-state index contributed by atoms with van der Waals surface area (Å²) in [5, 5.41) is 15.6. The maximum absolute atomic E-state index is 10.5. The van der Waals surface area contributed by atoms with Crippen LogP contribution in [-0.2, 0) is 16.6 Å². The highest BCUT2D eigenvalue weighted by atomic mass is 16.4. The van der Waals surface area contributed by atoms with E-state index < -0.39 is 5.97 Å². The van der Waals surface area contributed by atoms with E-state index in [1.165, 1.54) is 5.56 Å². The molecule has 0 fully saturated rings. The van der Waals surface area contributed by atoms with Gasteiger partial charge < -0.3 is 5.11 Å². The number of hydrogen-bond acceptors (Lipinski definition) is 3. The van der Waals surface area contributed by atoms with Crippen LogP contribution in [0.2, 0.25) is 0 Å². The minimum atomic E-state index is -0.836. The molecule has 106 valence electrons. The van der Waals surface area contributed by atoms with Gasteiger partial charge in [0, 0.05) is 12.0 Å². The zero-order chi connectivity index (χ0) is 14.8.